The van der Waals surface area contributed by atoms with Crippen LogP contribution in [-0.4, -0.2) is 6.29 Å². The maximum atomic E-state index is 10.8. The molecule has 0 amide bonds. The quantitative estimate of drug-likeness (QED) is 0.639. The lowest BCUT2D eigenvalue weighted by Gasteiger charge is -2.17. The van der Waals surface area contributed by atoms with Crippen LogP contribution in [0.15, 0.2) is 23.3 Å². The molecule has 0 atom stereocenters. The summed E-state index contributed by atoms with van der Waals surface area (Å²) >= 11 is 0. The van der Waals surface area contributed by atoms with Gasteiger partial charge in [0, 0.05) is 0 Å². The molecule has 15 heavy (non-hydrogen) atoms. The van der Waals surface area contributed by atoms with Crippen LogP contribution in [0.25, 0.3) is 0 Å². The normalized spacial score (nSPS) is 24.0. The summed E-state index contributed by atoms with van der Waals surface area (Å²) < 4.78 is 0. The van der Waals surface area contributed by atoms with Crippen LogP contribution < -0.4 is 0 Å². The van der Waals surface area contributed by atoms with Crippen molar-refractivity contribution in [2.75, 3.05) is 0 Å². The van der Waals surface area contributed by atoms with Gasteiger partial charge in [0.25, 0.3) is 0 Å². The van der Waals surface area contributed by atoms with Crippen molar-refractivity contribution < 1.29 is 4.79 Å². The molecule has 1 saturated carbocycles. The summed E-state index contributed by atoms with van der Waals surface area (Å²) in [5.41, 5.74) is 2.35. The Morgan fingerprint density at radius 3 is 2.40 bits per heavy atom. The predicted octanol–water partition coefficient (Wildman–Crippen LogP) is 3.80. The molecule has 82 valence electrons. The molecule has 0 spiro atoms. The Balaban J connectivity index is 1.94. The summed E-state index contributed by atoms with van der Waals surface area (Å²) in [4.78, 5) is 10.8. The lowest BCUT2D eigenvalue weighted by atomic mass is 9.88. The van der Waals surface area contributed by atoms with Gasteiger partial charge < -0.3 is 0 Å². The molecule has 0 aromatic carbocycles. The molecule has 1 heteroatoms. The number of hydrogen-bond acceptors (Lipinski definition) is 1. The number of allylic oxidation sites excluding steroid dienone is 4. The van der Waals surface area contributed by atoms with Gasteiger partial charge in [0.2, 0.25) is 0 Å². The Kier molecular flexibility index (Phi) is 3.76. The maximum Gasteiger partial charge on any atom is 0.146 e. The molecule has 0 aromatic heterocycles. The van der Waals surface area contributed by atoms with Crippen LogP contribution in [-0.2, 0) is 4.79 Å². The molecule has 0 unspecified atom stereocenters. The third-order valence-corrected chi connectivity index (χ3v) is 3.67. The first-order valence-electron chi connectivity index (χ1n) is 6.25. The Morgan fingerprint density at radius 2 is 1.67 bits per heavy atom. The highest BCUT2D eigenvalue weighted by Gasteiger charge is 2.13. The fourth-order valence-corrected chi connectivity index (χ4v) is 2.69. The Morgan fingerprint density at radius 1 is 0.933 bits per heavy atom. The van der Waals surface area contributed by atoms with Gasteiger partial charge in [0.15, 0.2) is 0 Å². The number of carbonyl (C=O) groups is 1. The molecule has 0 aliphatic heterocycles. The first-order valence-corrected chi connectivity index (χ1v) is 6.25. The van der Waals surface area contributed by atoms with Gasteiger partial charge in [-0.25, -0.2) is 0 Å². The van der Waals surface area contributed by atoms with E-state index in [1.165, 1.54) is 44.1 Å². The predicted molar refractivity (Wildman–Crippen MR) is 62.7 cm³/mol. The van der Waals surface area contributed by atoms with Gasteiger partial charge in [-0.1, -0.05) is 31.4 Å². The second-order valence-corrected chi connectivity index (χ2v) is 4.78. The van der Waals surface area contributed by atoms with E-state index in [1.807, 2.05) is 0 Å². The van der Waals surface area contributed by atoms with Crippen molar-refractivity contribution in [1.82, 2.24) is 0 Å². The first-order chi connectivity index (χ1) is 7.40. The summed E-state index contributed by atoms with van der Waals surface area (Å²) in [5.74, 6) is 0.778. The zero-order valence-corrected chi connectivity index (χ0v) is 9.37. The fraction of sp³-hybridized carbons (Fsp3) is 0.643. The van der Waals surface area contributed by atoms with Crippen molar-refractivity contribution in [3.05, 3.63) is 23.3 Å². The largest absolute Gasteiger partial charge is 0.298 e. The van der Waals surface area contributed by atoms with Crippen LogP contribution >= 0.6 is 0 Å². The van der Waals surface area contributed by atoms with Crippen LogP contribution in [0, 0.1) is 5.92 Å². The Bertz CT molecular complexity index is 280. The minimum absolute atomic E-state index is 0.778. The number of aldehydes is 1. The number of rotatable bonds is 3. The molecule has 1 nitrogen and oxygen atoms in total. The van der Waals surface area contributed by atoms with Gasteiger partial charge in [-0.15, -0.1) is 0 Å². The van der Waals surface area contributed by atoms with Crippen molar-refractivity contribution >= 4 is 6.29 Å². The van der Waals surface area contributed by atoms with Crippen LogP contribution in [0.4, 0.5) is 0 Å². The van der Waals surface area contributed by atoms with Gasteiger partial charge in [0.05, 0.1) is 0 Å². The lowest BCUT2D eigenvalue weighted by molar-refractivity contribution is -0.105. The van der Waals surface area contributed by atoms with Crippen molar-refractivity contribution in [3.8, 4) is 0 Å². The zero-order chi connectivity index (χ0) is 10.5. The molecular formula is C14H20O. The standard InChI is InChI=1S/C14H20O/c15-11-14-8-4-7-13(14)10-9-12-5-2-1-3-6-12/h9-12H,1-8H2. The van der Waals surface area contributed by atoms with Crippen LogP contribution in [0.5, 0.6) is 0 Å². The van der Waals surface area contributed by atoms with E-state index in [0.717, 1.165) is 30.6 Å². The minimum Gasteiger partial charge on any atom is -0.298 e. The van der Waals surface area contributed by atoms with Crippen molar-refractivity contribution in [2.24, 2.45) is 5.92 Å². The molecule has 0 bridgehead atoms. The summed E-state index contributed by atoms with van der Waals surface area (Å²) in [6.07, 6.45) is 15.8. The molecule has 2 aliphatic carbocycles. The molecule has 0 aromatic rings. The lowest BCUT2D eigenvalue weighted by Crippen LogP contribution is -2.02. The van der Waals surface area contributed by atoms with E-state index in [1.54, 1.807) is 0 Å². The van der Waals surface area contributed by atoms with Crippen LogP contribution in [0.1, 0.15) is 51.4 Å². The second-order valence-electron chi connectivity index (χ2n) is 4.78. The second kappa shape index (κ2) is 5.29. The van der Waals surface area contributed by atoms with Crippen molar-refractivity contribution in [3.63, 3.8) is 0 Å². The van der Waals surface area contributed by atoms with E-state index in [0.29, 0.717) is 0 Å². The third kappa shape index (κ3) is 2.80. The molecule has 1 fully saturated rings. The Hall–Kier alpha value is -0.850. The monoisotopic (exact) mass is 204 g/mol. The van der Waals surface area contributed by atoms with Crippen molar-refractivity contribution in [1.29, 1.82) is 0 Å². The fourth-order valence-electron chi connectivity index (χ4n) is 2.69. The van der Waals surface area contributed by atoms with Crippen LogP contribution in [0.2, 0.25) is 0 Å². The smallest absolute Gasteiger partial charge is 0.146 e. The third-order valence-electron chi connectivity index (χ3n) is 3.67. The zero-order valence-electron chi connectivity index (χ0n) is 9.37. The average Bonchev–Trinajstić information content (AvgIpc) is 2.75. The van der Waals surface area contributed by atoms with Crippen molar-refractivity contribution in [2.45, 2.75) is 51.4 Å². The van der Waals surface area contributed by atoms with E-state index in [-0.39, 0.29) is 0 Å². The maximum absolute atomic E-state index is 10.8. The highest BCUT2D eigenvalue weighted by atomic mass is 16.1. The molecule has 2 aliphatic rings. The molecule has 0 heterocycles. The summed E-state index contributed by atoms with van der Waals surface area (Å²) in [5, 5.41) is 0. The molecular weight excluding hydrogens is 184 g/mol. The van der Waals surface area contributed by atoms with E-state index >= 15 is 0 Å². The summed E-state index contributed by atoms with van der Waals surface area (Å²) in [7, 11) is 0. The topological polar surface area (TPSA) is 17.1 Å². The average molecular weight is 204 g/mol. The van der Waals surface area contributed by atoms with Gasteiger partial charge >= 0.3 is 0 Å². The highest BCUT2D eigenvalue weighted by Crippen LogP contribution is 2.28. The molecule has 0 N–H and O–H groups in total. The van der Waals surface area contributed by atoms with Gasteiger partial charge in [0.1, 0.15) is 6.29 Å². The molecule has 0 saturated heterocycles. The van der Waals surface area contributed by atoms with E-state index in [2.05, 4.69) is 12.2 Å². The SMILES string of the molecule is O=CC1=C(C=CC2CCCCC2)CCC1. The van der Waals surface area contributed by atoms with Gasteiger partial charge in [-0.3, -0.25) is 4.79 Å². The van der Waals surface area contributed by atoms with E-state index in [4.69, 9.17) is 0 Å². The number of carbonyl (C=O) groups excluding carboxylic acids is 1. The number of hydrogen-bond donors (Lipinski definition) is 0. The minimum atomic E-state index is 0.778. The summed E-state index contributed by atoms with van der Waals surface area (Å²) in [6.45, 7) is 0. The summed E-state index contributed by atoms with van der Waals surface area (Å²) in [6, 6.07) is 0. The highest BCUT2D eigenvalue weighted by molar-refractivity contribution is 5.76. The molecule has 0 radical (unpaired) electrons. The first kappa shape index (κ1) is 10.7. The van der Waals surface area contributed by atoms with E-state index in [9.17, 15) is 4.79 Å². The van der Waals surface area contributed by atoms with Gasteiger partial charge in [-0.2, -0.15) is 0 Å². The molecule has 2 rings (SSSR count). The van der Waals surface area contributed by atoms with Gasteiger partial charge in [-0.05, 0) is 49.2 Å². The van der Waals surface area contributed by atoms with Crippen LogP contribution in [0.3, 0.4) is 0 Å². The van der Waals surface area contributed by atoms with E-state index < -0.39 is 0 Å². The Labute approximate surface area is 92.3 Å².